The summed E-state index contributed by atoms with van der Waals surface area (Å²) >= 11 is 14.8. The third-order valence-corrected chi connectivity index (χ3v) is 4.03. The van der Waals surface area contributed by atoms with Gasteiger partial charge in [-0.2, -0.15) is 0 Å². The molecular formula is C9H7Cl2NS2. The highest BCUT2D eigenvalue weighted by atomic mass is 35.5. The number of hydrogen-bond acceptors (Lipinski definition) is 3. The average molecular weight is 264 g/mol. The van der Waals surface area contributed by atoms with Crippen molar-refractivity contribution in [2.24, 2.45) is 0 Å². The highest BCUT2D eigenvalue weighted by Crippen LogP contribution is 2.34. The summed E-state index contributed by atoms with van der Waals surface area (Å²) in [5.41, 5.74) is 2.07. The maximum absolute atomic E-state index is 6.02. The second-order valence-corrected chi connectivity index (χ2v) is 5.45. The van der Waals surface area contributed by atoms with Gasteiger partial charge in [-0.1, -0.05) is 11.6 Å². The molecule has 0 amide bonds. The fourth-order valence-electron chi connectivity index (χ4n) is 1.09. The van der Waals surface area contributed by atoms with E-state index in [1.165, 1.54) is 11.3 Å². The Bertz CT molecular complexity index is 422. The first kappa shape index (κ1) is 10.4. The van der Waals surface area contributed by atoms with E-state index in [0.29, 0.717) is 5.88 Å². The van der Waals surface area contributed by atoms with Crippen molar-refractivity contribution in [3.63, 3.8) is 0 Å². The van der Waals surface area contributed by atoms with Gasteiger partial charge in [0.15, 0.2) is 0 Å². The van der Waals surface area contributed by atoms with Crippen LogP contribution in [0.5, 0.6) is 0 Å². The fourth-order valence-corrected chi connectivity index (χ4v) is 3.21. The Morgan fingerprint density at radius 3 is 2.86 bits per heavy atom. The third-order valence-electron chi connectivity index (χ3n) is 1.75. The molecule has 14 heavy (non-hydrogen) atoms. The van der Waals surface area contributed by atoms with Gasteiger partial charge < -0.3 is 0 Å². The van der Waals surface area contributed by atoms with Crippen molar-refractivity contribution in [1.29, 1.82) is 0 Å². The summed E-state index contributed by atoms with van der Waals surface area (Å²) < 4.78 is 0.803. The van der Waals surface area contributed by atoms with Crippen molar-refractivity contribution < 1.29 is 0 Å². The smallest absolute Gasteiger partial charge is 0.125 e. The van der Waals surface area contributed by atoms with E-state index >= 15 is 0 Å². The Morgan fingerprint density at radius 1 is 1.36 bits per heavy atom. The molecular weight excluding hydrogens is 257 g/mol. The maximum Gasteiger partial charge on any atom is 0.125 e. The number of nitrogens with zero attached hydrogens (tertiary/aromatic N) is 1. The fraction of sp³-hybridized carbons (Fsp3) is 0.222. The number of rotatable bonds is 3. The Kier molecular flexibility index (Phi) is 3.44. The summed E-state index contributed by atoms with van der Waals surface area (Å²) in [6.07, 6.45) is 0.819. The van der Waals surface area contributed by atoms with Crippen LogP contribution in [0.3, 0.4) is 0 Å². The topological polar surface area (TPSA) is 12.9 Å². The molecule has 2 aromatic rings. The zero-order valence-corrected chi connectivity index (χ0v) is 10.3. The lowest BCUT2D eigenvalue weighted by molar-refractivity contribution is 1.07. The van der Waals surface area contributed by atoms with Crippen LogP contribution in [0.2, 0.25) is 4.34 Å². The van der Waals surface area contributed by atoms with E-state index in [1.807, 2.05) is 16.8 Å². The highest BCUT2D eigenvalue weighted by Gasteiger charge is 2.08. The van der Waals surface area contributed by atoms with E-state index in [2.05, 4.69) is 4.98 Å². The second kappa shape index (κ2) is 4.62. The van der Waals surface area contributed by atoms with Crippen LogP contribution in [-0.4, -0.2) is 10.9 Å². The lowest BCUT2D eigenvalue weighted by Crippen LogP contribution is -1.85. The molecule has 0 aliphatic heterocycles. The largest absolute Gasteiger partial charge is 0.241 e. The molecule has 0 N–H and O–H groups in total. The molecule has 0 unspecified atom stereocenters. The molecule has 0 aliphatic rings. The van der Waals surface area contributed by atoms with E-state index in [9.17, 15) is 0 Å². The van der Waals surface area contributed by atoms with Crippen LogP contribution in [-0.2, 0) is 6.42 Å². The Hall–Kier alpha value is -0.0900. The minimum atomic E-state index is 0.612. The van der Waals surface area contributed by atoms with Crippen molar-refractivity contribution in [3.05, 3.63) is 26.9 Å². The van der Waals surface area contributed by atoms with Crippen molar-refractivity contribution in [2.75, 3.05) is 5.88 Å². The molecule has 2 rings (SSSR count). The van der Waals surface area contributed by atoms with Gasteiger partial charge in [0, 0.05) is 23.2 Å². The zero-order valence-electron chi connectivity index (χ0n) is 7.17. The molecule has 2 heterocycles. The van der Waals surface area contributed by atoms with Crippen molar-refractivity contribution >= 4 is 45.9 Å². The summed E-state index contributed by atoms with van der Waals surface area (Å²) in [6.45, 7) is 0. The molecule has 0 bridgehead atoms. The molecule has 0 radical (unpaired) electrons. The summed E-state index contributed by atoms with van der Waals surface area (Å²) in [5.74, 6) is 0.612. The van der Waals surface area contributed by atoms with E-state index in [0.717, 1.165) is 27.0 Å². The number of thiophene rings is 1. The molecule has 0 saturated heterocycles. The average Bonchev–Trinajstić information content (AvgIpc) is 2.74. The molecule has 0 atom stereocenters. The highest BCUT2D eigenvalue weighted by molar-refractivity contribution is 7.16. The first-order chi connectivity index (χ1) is 6.81. The van der Waals surface area contributed by atoms with Gasteiger partial charge in [-0.15, -0.1) is 34.3 Å². The minimum absolute atomic E-state index is 0.612. The van der Waals surface area contributed by atoms with Crippen LogP contribution < -0.4 is 0 Å². The number of halogens is 2. The van der Waals surface area contributed by atoms with Gasteiger partial charge in [0.25, 0.3) is 0 Å². The molecule has 0 saturated carbocycles. The quantitative estimate of drug-likeness (QED) is 0.753. The summed E-state index contributed by atoms with van der Waals surface area (Å²) in [7, 11) is 0. The van der Waals surface area contributed by atoms with Gasteiger partial charge in [0.2, 0.25) is 0 Å². The van der Waals surface area contributed by atoms with Crippen molar-refractivity contribution in [2.45, 2.75) is 6.42 Å². The van der Waals surface area contributed by atoms with E-state index in [-0.39, 0.29) is 0 Å². The van der Waals surface area contributed by atoms with Crippen LogP contribution in [0, 0.1) is 0 Å². The van der Waals surface area contributed by atoms with Gasteiger partial charge in [-0.3, -0.25) is 0 Å². The zero-order chi connectivity index (χ0) is 9.97. The van der Waals surface area contributed by atoms with E-state index in [4.69, 9.17) is 23.2 Å². The predicted molar refractivity (Wildman–Crippen MR) is 64.9 cm³/mol. The first-order valence-electron chi connectivity index (χ1n) is 4.05. The van der Waals surface area contributed by atoms with E-state index in [1.54, 1.807) is 11.3 Å². The number of aromatic nitrogens is 1. The Morgan fingerprint density at radius 2 is 2.21 bits per heavy atom. The molecule has 5 heteroatoms. The lowest BCUT2D eigenvalue weighted by Gasteiger charge is -1.91. The normalized spacial score (nSPS) is 10.7. The predicted octanol–water partition coefficient (Wildman–Crippen LogP) is 4.31. The maximum atomic E-state index is 6.02. The third kappa shape index (κ3) is 2.11. The molecule has 0 spiro atoms. The molecule has 0 aliphatic carbocycles. The second-order valence-electron chi connectivity index (χ2n) is 2.69. The van der Waals surface area contributed by atoms with Gasteiger partial charge in [0.1, 0.15) is 9.34 Å². The van der Waals surface area contributed by atoms with Crippen molar-refractivity contribution in [3.8, 4) is 10.6 Å². The molecule has 74 valence electrons. The molecule has 0 aromatic carbocycles. The monoisotopic (exact) mass is 263 g/mol. The van der Waals surface area contributed by atoms with Gasteiger partial charge in [0.05, 0.1) is 5.69 Å². The van der Waals surface area contributed by atoms with Crippen LogP contribution in [0.1, 0.15) is 5.69 Å². The molecule has 0 fully saturated rings. The lowest BCUT2D eigenvalue weighted by atomic mass is 10.3. The van der Waals surface area contributed by atoms with Gasteiger partial charge in [-0.05, 0) is 11.4 Å². The summed E-state index contributed by atoms with van der Waals surface area (Å²) in [4.78, 5) is 4.46. The number of aryl methyl sites for hydroxylation is 1. The molecule has 2 aromatic heterocycles. The Labute approximate surface area is 100 Å². The van der Waals surface area contributed by atoms with E-state index < -0.39 is 0 Å². The number of hydrogen-bond donors (Lipinski definition) is 0. The van der Waals surface area contributed by atoms with Crippen LogP contribution in [0.15, 0.2) is 16.8 Å². The van der Waals surface area contributed by atoms with Crippen LogP contribution in [0.4, 0.5) is 0 Å². The van der Waals surface area contributed by atoms with Gasteiger partial charge >= 0.3 is 0 Å². The number of alkyl halides is 1. The van der Waals surface area contributed by atoms with Crippen molar-refractivity contribution in [1.82, 2.24) is 4.98 Å². The minimum Gasteiger partial charge on any atom is -0.241 e. The summed E-state index contributed by atoms with van der Waals surface area (Å²) in [5, 5.41) is 4.99. The Balaban J connectivity index is 2.29. The SMILES string of the molecule is ClCCc1csc(-c2ccsc2Cl)n1. The van der Waals surface area contributed by atoms with Gasteiger partial charge in [-0.25, -0.2) is 4.98 Å². The standard InChI is InChI=1S/C9H7Cl2NS2/c10-3-1-6-5-14-9(12-6)7-2-4-13-8(7)11/h2,4-5H,1,3H2. The first-order valence-corrected chi connectivity index (χ1v) is 6.72. The summed E-state index contributed by atoms with van der Waals surface area (Å²) in [6, 6.07) is 2.00. The van der Waals surface area contributed by atoms with Crippen LogP contribution in [0.25, 0.3) is 10.6 Å². The number of thiazole rings is 1. The van der Waals surface area contributed by atoms with Crippen LogP contribution >= 0.6 is 45.9 Å². The molecule has 1 nitrogen and oxygen atoms in total.